The monoisotopic (exact) mass is 269 g/mol. The summed E-state index contributed by atoms with van der Waals surface area (Å²) in [4.78, 5) is 14.5. The van der Waals surface area contributed by atoms with E-state index < -0.39 is 0 Å². The van der Waals surface area contributed by atoms with Crippen LogP contribution in [0.25, 0.3) is 0 Å². The van der Waals surface area contributed by atoms with Crippen molar-refractivity contribution in [1.29, 1.82) is 0 Å². The third kappa shape index (κ3) is 4.53. The average molecular weight is 269 g/mol. The van der Waals surface area contributed by atoms with E-state index in [1.165, 1.54) is 38.5 Å². The highest BCUT2D eigenvalue weighted by atomic mass is 32.1. The van der Waals surface area contributed by atoms with Crippen molar-refractivity contribution in [3.8, 4) is 0 Å². The lowest BCUT2D eigenvalue weighted by atomic mass is 10.2. The van der Waals surface area contributed by atoms with Crippen LogP contribution in [0.1, 0.15) is 38.5 Å². The first-order valence-electron chi connectivity index (χ1n) is 6.94. The lowest BCUT2D eigenvalue weighted by Gasteiger charge is -2.27. The number of hydrogen-bond donors (Lipinski definition) is 2. The Bertz CT molecular complexity index is 311. The van der Waals surface area contributed by atoms with Gasteiger partial charge in [-0.1, -0.05) is 25.1 Å². The van der Waals surface area contributed by atoms with Crippen LogP contribution in [0, 0.1) is 5.92 Å². The summed E-state index contributed by atoms with van der Waals surface area (Å²) in [5, 5.41) is 3.01. The van der Waals surface area contributed by atoms with E-state index in [0.29, 0.717) is 24.1 Å². The number of rotatable bonds is 7. The molecule has 2 fully saturated rings. The molecule has 0 unspecified atom stereocenters. The van der Waals surface area contributed by atoms with Gasteiger partial charge in [-0.2, -0.15) is 0 Å². The van der Waals surface area contributed by atoms with Gasteiger partial charge in [0.05, 0.1) is 11.5 Å². The molecule has 2 aliphatic carbocycles. The summed E-state index contributed by atoms with van der Waals surface area (Å²) in [5.41, 5.74) is 5.63. The van der Waals surface area contributed by atoms with Crippen LogP contribution in [0.5, 0.6) is 0 Å². The Hall–Kier alpha value is -0.680. The first-order valence-corrected chi connectivity index (χ1v) is 7.35. The van der Waals surface area contributed by atoms with E-state index in [-0.39, 0.29) is 5.91 Å². The van der Waals surface area contributed by atoms with E-state index >= 15 is 0 Å². The fourth-order valence-corrected chi connectivity index (χ4v) is 2.77. The number of thiocarbonyl (C=S) groups is 1. The summed E-state index contributed by atoms with van der Waals surface area (Å²) in [6, 6.07) is 0.484. The minimum Gasteiger partial charge on any atom is -0.392 e. The van der Waals surface area contributed by atoms with Gasteiger partial charge < -0.3 is 11.1 Å². The van der Waals surface area contributed by atoms with Crippen molar-refractivity contribution in [2.45, 2.75) is 44.6 Å². The standard InChI is InChI=1S/C13H23N3OS/c14-12(18)8-16(11-3-1-2-4-11)9-13(17)15-7-10-5-6-10/h10-11H,1-9H2,(H2,14,18)(H,15,17). The fourth-order valence-electron chi connectivity index (χ4n) is 2.60. The molecular weight excluding hydrogens is 246 g/mol. The number of carbonyl (C=O) groups is 1. The molecule has 0 aromatic rings. The number of nitrogens with two attached hydrogens (primary N) is 1. The van der Waals surface area contributed by atoms with Crippen LogP contribution >= 0.6 is 12.2 Å². The molecule has 5 heteroatoms. The Morgan fingerprint density at radius 3 is 2.44 bits per heavy atom. The molecule has 2 rings (SSSR count). The highest BCUT2D eigenvalue weighted by Gasteiger charge is 2.26. The van der Waals surface area contributed by atoms with Crippen LogP contribution < -0.4 is 11.1 Å². The van der Waals surface area contributed by atoms with Crippen molar-refractivity contribution < 1.29 is 4.79 Å². The van der Waals surface area contributed by atoms with Crippen LogP contribution in [-0.4, -0.2) is 41.5 Å². The lowest BCUT2D eigenvalue weighted by Crippen LogP contribution is -2.45. The van der Waals surface area contributed by atoms with Crippen LogP contribution in [0.15, 0.2) is 0 Å². The van der Waals surface area contributed by atoms with E-state index in [0.717, 1.165) is 12.5 Å². The molecule has 4 nitrogen and oxygen atoms in total. The molecule has 0 radical (unpaired) electrons. The predicted octanol–water partition coefficient (Wildman–Crippen LogP) is 1.04. The van der Waals surface area contributed by atoms with Crippen molar-refractivity contribution >= 4 is 23.1 Å². The van der Waals surface area contributed by atoms with Crippen LogP contribution in [0.4, 0.5) is 0 Å². The Labute approximate surface area is 114 Å². The van der Waals surface area contributed by atoms with Gasteiger partial charge in [0.25, 0.3) is 0 Å². The smallest absolute Gasteiger partial charge is 0.234 e. The van der Waals surface area contributed by atoms with Crippen molar-refractivity contribution in [2.75, 3.05) is 19.6 Å². The largest absolute Gasteiger partial charge is 0.392 e. The van der Waals surface area contributed by atoms with E-state index in [9.17, 15) is 4.79 Å². The second-order valence-electron chi connectivity index (χ2n) is 5.56. The zero-order chi connectivity index (χ0) is 13.0. The summed E-state index contributed by atoms with van der Waals surface area (Å²) >= 11 is 4.98. The zero-order valence-corrected chi connectivity index (χ0v) is 11.7. The topological polar surface area (TPSA) is 58.4 Å². The maximum atomic E-state index is 11.9. The van der Waals surface area contributed by atoms with Crippen molar-refractivity contribution in [3.05, 3.63) is 0 Å². The molecule has 102 valence electrons. The maximum absolute atomic E-state index is 11.9. The summed E-state index contributed by atoms with van der Waals surface area (Å²) in [5.74, 6) is 0.842. The van der Waals surface area contributed by atoms with Gasteiger partial charge in [-0.15, -0.1) is 0 Å². The molecule has 0 saturated heterocycles. The molecule has 2 aliphatic rings. The predicted molar refractivity (Wildman–Crippen MR) is 76.3 cm³/mol. The van der Waals surface area contributed by atoms with Crippen LogP contribution in [0.2, 0.25) is 0 Å². The number of hydrogen-bond acceptors (Lipinski definition) is 3. The van der Waals surface area contributed by atoms with Gasteiger partial charge in [-0.05, 0) is 31.6 Å². The molecular formula is C13H23N3OS. The molecule has 2 saturated carbocycles. The molecule has 0 bridgehead atoms. The molecule has 3 N–H and O–H groups in total. The minimum atomic E-state index is 0.116. The van der Waals surface area contributed by atoms with E-state index in [1.54, 1.807) is 0 Å². The fraction of sp³-hybridized carbons (Fsp3) is 0.846. The summed E-state index contributed by atoms with van der Waals surface area (Å²) in [7, 11) is 0. The first-order chi connectivity index (χ1) is 8.65. The molecule has 0 atom stereocenters. The van der Waals surface area contributed by atoms with Gasteiger partial charge in [0.15, 0.2) is 0 Å². The second kappa shape index (κ2) is 6.48. The van der Waals surface area contributed by atoms with Gasteiger partial charge in [0.1, 0.15) is 0 Å². The minimum absolute atomic E-state index is 0.116. The summed E-state index contributed by atoms with van der Waals surface area (Å²) in [6.45, 7) is 1.84. The zero-order valence-electron chi connectivity index (χ0n) is 10.9. The molecule has 1 amide bonds. The van der Waals surface area contributed by atoms with Crippen molar-refractivity contribution in [1.82, 2.24) is 10.2 Å². The Morgan fingerprint density at radius 2 is 1.89 bits per heavy atom. The van der Waals surface area contributed by atoms with Gasteiger partial charge in [0.2, 0.25) is 5.91 Å². The first kappa shape index (κ1) is 13.7. The second-order valence-corrected chi connectivity index (χ2v) is 6.08. The van der Waals surface area contributed by atoms with E-state index in [2.05, 4.69) is 10.2 Å². The Morgan fingerprint density at radius 1 is 1.22 bits per heavy atom. The molecule has 18 heavy (non-hydrogen) atoms. The quantitative estimate of drug-likeness (QED) is 0.678. The van der Waals surface area contributed by atoms with E-state index in [1.807, 2.05) is 0 Å². The third-order valence-corrected chi connectivity index (χ3v) is 3.96. The van der Waals surface area contributed by atoms with Gasteiger partial charge in [0, 0.05) is 19.1 Å². The summed E-state index contributed by atoms with van der Waals surface area (Å²) in [6.07, 6.45) is 7.36. The highest BCUT2D eigenvalue weighted by molar-refractivity contribution is 7.80. The van der Waals surface area contributed by atoms with E-state index in [4.69, 9.17) is 18.0 Å². The van der Waals surface area contributed by atoms with Gasteiger partial charge >= 0.3 is 0 Å². The molecule has 0 aromatic carbocycles. The molecule has 0 heterocycles. The maximum Gasteiger partial charge on any atom is 0.234 e. The van der Waals surface area contributed by atoms with Crippen LogP contribution in [-0.2, 0) is 4.79 Å². The number of nitrogens with zero attached hydrogens (tertiary/aromatic N) is 1. The molecule has 0 aromatic heterocycles. The normalized spacial score (nSPS) is 20.3. The summed E-state index contributed by atoms with van der Waals surface area (Å²) < 4.78 is 0. The number of carbonyl (C=O) groups excluding carboxylic acids is 1. The lowest BCUT2D eigenvalue weighted by molar-refractivity contribution is -0.122. The Kier molecular flexibility index (Phi) is 4.95. The SMILES string of the molecule is NC(=S)CN(CC(=O)NCC1CC1)C1CCCC1. The number of nitrogens with one attached hydrogen (secondary N) is 1. The van der Waals surface area contributed by atoms with Crippen molar-refractivity contribution in [3.63, 3.8) is 0 Å². The third-order valence-electron chi connectivity index (χ3n) is 3.83. The Balaban J connectivity index is 1.78. The molecule has 0 aliphatic heterocycles. The average Bonchev–Trinajstić information content (AvgIpc) is 2.97. The van der Waals surface area contributed by atoms with Gasteiger partial charge in [-0.3, -0.25) is 9.69 Å². The van der Waals surface area contributed by atoms with Gasteiger partial charge in [-0.25, -0.2) is 0 Å². The number of amides is 1. The van der Waals surface area contributed by atoms with Crippen LogP contribution in [0.3, 0.4) is 0 Å². The highest BCUT2D eigenvalue weighted by Crippen LogP contribution is 2.27. The molecule has 0 spiro atoms. The van der Waals surface area contributed by atoms with Crippen molar-refractivity contribution in [2.24, 2.45) is 11.7 Å².